The first-order valence-corrected chi connectivity index (χ1v) is 4.48. The SMILES string of the molecule is Cc1cccc(C[CH]=[Mo])c1. The summed E-state index contributed by atoms with van der Waals surface area (Å²) in [5.74, 6) is 0. The van der Waals surface area contributed by atoms with E-state index in [1.165, 1.54) is 11.1 Å². The van der Waals surface area contributed by atoms with Gasteiger partial charge in [-0.2, -0.15) is 0 Å². The molecule has 0 N–H and O–H groups in total. The molecule has 0 aliphatic rings. The molecule has 0 saturated carbocycles. The number of rotatable bonds is 2. The summed E-state index contributed by atoms with van der Waals surface area (Å²) < 4.78 is 2.19. The number of hydrogen-bond acceptors (Lipinski definition) is 0. The second kappa shape index (κ2) is 3.83. The Labute approximate surface area is 72.7 Å². The molecular weight excluding hydrogens is 204 g/mol. The van der Waals surface area contributed by atoms with Gasteiger partial charge in [-0.05, 0) is 0 Å². The van der Waals surface area contributed by atoms with Crippen LogP contribution in [-0.4, -0.2) is 4.40 Å². The number of hydrogen-bond donors (Lipinski definition) is 0. The predicted molar refractivity (Wildman–Crippen MR) is 40.9 cm³/mol. The molecule has 1 rings (SSSR count). The van der Waals surface area contributed by atoms with E-state index in [1.54, 1.807) is 0 Å². The number of aryl methyl sites for hydroxylation is 1. The molecule has 52 valence electrons. The molecule has 10 heavy (non-hydrogen) atoms. The zero-order valence-corrected chi connectivity index (χ0v) is 8.01. The zero-order valence-electron chi connectivity index (χ0n) is 6.00. The van der Waals surface area contributed by atoms with Crippen molar-refractivity contribution in [3.63, 3.8) is 0 Å². The van der Waals surface area contributed by atoms with Crippen LogP contribution in [0.3, 0.4) is 0 Å². The zero-order chi connectivity index (χ0) is 7.40. The molecule has 0 spiro atoms. The van der Waals surface area contributed by atoms with E-state index < -0.39 is 0 Å². The summed E-state index contributed by atoms with van der Waals surface area (Å²) in [5, 5.41) is 0. The van der Waals surface area contributed by atoms with Crippen LogP contribution in [0.1, 0.15) is 11.1 Å². The van der Waals surface area contributed by atoms with Crippen molar-refractivity contribution in [1.29, 1.82) is 0 Å². The third kappa shape index (κ3) is 2.19. The standard InChI is InChI=1S/C9H10.Mo/c1-3-9-6-4-5-8(2)7-9;/h1,4-7H,3H2,2H3;. The third-order valence-corrected chi connectivity index (χ3v) is 1.81. The monoisotopic (exact) mass is 216 g/mol. The minimum absolute atomic E-state index is 1.09. The molecule has 0 aliphatic carbocycles. The van der Waals surface area contributed by atoms with Crippen LogP contribution in [-0.2, 0) is 25.8 Å². The van der Waals surface area contributed by atoms with Crippen molar-refractivity contribution in [1.82, 2.24) is 0 Å². The van der Waals surface area contributed by atoms with Gasteiger partial charge in [-0.15, -0.1) is 0 Å². The van der Waals surface area contributed by atoms with E-state index in [2.05, 4.69) is 35.6 Å². The molecule has 1 heteroatoms. The fourth-order valence-corrected chi connectivity index (χ4v) is 1.41. The van der Waals surface area contributed by atoms with Crippen LogP contribution in [0, 0.1) is 6.92 Å². The Morgan fingerprint density at radius 1 is 1.50 bits per heavy atom. The first-order valence-electron chi connectivity index (χ1n) is 3.32. The first kappa shape index (κ1) is 7.88. The molecule has 0 aromatic heterocycles. The first-order chi connectivity index (χ1) is 4.83. The normalized spacial score (nSPS) is 9.30. The Morgan fingerprint density at radius 2 is 2.30 bits per heavy atom. The van der Waals surface area contributed by atoms with Gasteiger partial charge in [0.05, 0.1) is 0 Å². The maximum atomic E-state index is 2.22. The minimum atomic E-state index is 1.09. The Morgan fingerprint density at radius 3 is 2.90 bits per heavy atom. The average molecular weight is 214 g/mol. The van der Waals surface area contributed by atoms with Crippen LogP contribution in [0.25, 0.3) is 0 Å². The van der Waals surface area contributed by atoms with Crippen molar-refractivity contribution in [2.45, 2.75) is 13.3 Å². The molecule has 1 aromatic carbocycles. The van der Waals surface area contributed by atoms with E-state index in [9.17, 15) is 0 Å². The molecule has 0 radical (unpaired) electrons. The molecule has 0 nitrogen and oxygen atoms in total. The topological polar surface area (TPSA) is 0 Å². The quantitative estimate of drug-likeness (QED) is 0.659. The molecule has 0 fully saturated rings. The van der Waals surface area contributed by atoms with Crippen molar-refractivity contribution in [3.8, 4) is 0 Å². The van der Waals surface area contributed by atoms with Crippen molar-refractivity contribution in [2.75, 3.05) is 0 Å². The van der Waals surface area contributed by atoms with Gasteiger partial charge in [-0.3, -0.25) is 0 Å². The molecular formula is C9H10Mo. The fourth-order valence-electron chi connectivity index (χ4n) is 0.935. The predicted octanol–water partition coefficient (Wildman–Crippen LogP) is 1.89. The van der Waals surface area contributed by atoms with E-state index in [0.29, 0.717) is 0 Å². The van der Waals surface area contributed by atoms with Crippen LogP contribution in [0.15, 0.2) is 24.3 Å². The summed E-state index contributed by atoms with van der Waals surface area (Å²) in [5.41, 5.74) is 2.76. The second-order valence-electron chi connectivity index (χ2n) is 2.36. The van der Waals surface area contributed by atoms with Gasteiger partial charge in [0.25, 0.3) is 0 Å². The van der Waals surface area contributed by atoms with Crippen molar-refractivity contribution in [2.24, 2.45) is 0 Å². The molecule has 0 heterocycles. The van der Waals surface area contributed by atoms with Gasteiger partial charge in [-0.1, -0.05) is 0 Å². The Bertz CT molecular complexity index is 228. The summed E-state index contributed by atoms with van der Waals surface area (Å²) in [6, 6.07) is 8.62. The Balaban J connectivity index is 2.84. The molecule has 0 aliphatic heterocycles. The van der Waals surface area contributed by atoms with E-state index in [0.717, 1.165) is 6.42 Å². The molecule has 0 amide bonds. The fraction of sp³-hybridized carbons (Fsp3) is 0.222. The van der Waals surface area contributed by atoms with Crippen molar-refractivity contribution < 1.29 is 19.4 Å². The van der Waals surface area contributed by atoms with Gasteiger partial charge in [0.15, 0.2) is 0 Å². The van der Waals surface area contributed by atoms with Crippen molar-refractivity contribution >= 4 is 4.40 Å². The van der Waals surface area contributed by atoms with Crippen LogP contribution < -0.4 is 0 Å². The summed E-state index contributed by atoms with van der Waals surface area (Å²) >= 11 is 2.02. The van der Waals surface area contributed by atoms with Gasteiger partial charge in [0.2, 0.25) is 0 Å². The van der Waals surface area contributed by atoms with Crippen molar-refractivity contribution in [3.05, 3.63) is 35.4 Å². The summed E-state index contributed by atoms with van der Waals surface area (Å²) in [6.45, 7) is 2.12. The van der Waals surface area contributed by atoms with E-state index in [4.69, 9.17) is 0 Å². The maximum absolute atomic E-state index is 2.22. The third-order valence-electron chi connectivity index (χ3n) is 1.40. The van der Waals surface area contributed by atoms with Crippen LogP contribution in [0.2, 0.25) is 0 Å². The van der Waals surface area contributed by atoms with Gasteiger partial charge >= 0.3 is 72.5 Å². The van der Waals surface area contributed by atoms with Crippen LogP contribution >= 0.6 is 0 Å². The molecule has 0 atom stereocenters. The van der Waals surface area contributed by atoms with Gasteiger partial charge in [0, 0.05) is 0 Å². The summed E-state index contributed by atoms with van der Waals surface area (Å²) in [7, 11) is 0. The van der Waals surface area contributed by atoms with E-state index in [1.807, 2.05) is 19.4 Å². The van der Waals surface area contributed by atoms with Gasteiger partial charge < -0.3 is 0 Å². The molecule has 0 saturated heterocycles. The van der Waals surface area contributed by atoms with Crippen LogP contribution in [0.5, 0.6) is 0 Å². The van der Waals surface area contributed by atoms with Crippen LogP contribution in [0.4, 0.5) is 0 Å². The molecule has 0 unspecified atom stereocenters. The molecule has 0 bridgehead atoms. The van der Waals surface area contributed by atoms with E-state index in [-0.39, 0.29) is 0 Å². The van der Waals surface area contributed by atoms with Gasteiger partial charge in [0.1, 0.15) is 0 Å². The Hall–Kier alpha value is -0.222. The van der Waals surface area contributed by atoms with E-state index >= 15 is 0 Å². The second-order valence-corrected chi connectivity index (χ2v) is 3.18. The summed E-state index contributed by atoms with van der Waals surface area (Å²) in [4.78, 5) is 0. The molecule has 1 aromatic rings. The Kier molecular flexibility index (Phi) is 3.02. The summed E-state index contributed by atoms with van der Waals surface area (Å²) in [6.07, 6.45) is 1.09. The van der Waals surface area contributed by atoms with Gasteiger partial charge in [-0.25, -0.2) is 0 Å². The average Bonchev–Trinajstić information content (AvgIpc) is 1.88. The number of benzene rings is 1.